The summed E-state index contributed by atoms with van der Waals surface area (Å²) in [6.45, 7) is 0. The summed E-state index contributed by atoms with van der Waals surface area (Å²) < 4.78 is 18.3. The van der Waals surface area contributed by atoms with Gasteiger partial charge in [-0.2, -0.15) is 0 Å². The van der Waals surface area contributed by atoms with Gasteiger partial charge in [-0.1, -0.05) is 0 Å². The lowest BCUT2D eigenvalue weighted by Crippen LogP contribution is -1.98. The summed E-state index contributed by atoms with van der Waals surface area (Å²) in [6.07, 6.45) is 2.97. The topological polar surface area (TPSA) is 82.3 Å². The lowest BCUT2D eigenvalue weighted by molar-refractivity contribution is -0.385. The first-order valence-electron chi connectivity index (χ1n) is 5.38. The van der Waals surface area contributed by atoms with Crippen LogP contribution in [0.5, 0.6) is 0 Å². The summed E-state index contributed by atoms with van der Waals surface area (Å²) >= 11 is 1.28. The quantitative estimate of drug-likeness (QED) is 0.483. The maximum atomic E-state index is 13.3. The zero-order valence-corrected chi connectivity index (χ0v) is 10.5. The second-order valence-corrected chi connectivity index (χ2v) is 4.80. The molecule has 3 rings (SSSR count). The van der Waals surface area contributed by atoms with E-state index in [0.717, 1.165) is 12.1 Å². The van der Waals surface area contributed by atoms with Crippen LogP contribution in [0.4, 0.5) is 10.1 Å². The zero-order valence-electron chi connectivity index (χ0n) is 9.70. The standard InChI is InChI=1S/C12H5FN2O4S/c13-6-3-7-11(8(4-6)15(17)18)9(19-12(7)16)5-10-14-1-2-20-10/h1-5H. The molecule has 1 aliphatic rings. The maximum absolute atomic E-state index is 13.3. The van der Waals surface area contributed by atoms with Crippen LogP contribution in [-0.4, -0.2) is 15.9 Å². The van der Waals surface area contributed by atoms with Crippen molar-refractivity contribution in [2.45, 2.75) is 0 Å². The number of rotatable bonds is 2. The monoisotopic (exact) mass is 292 g/mol. The molecule has 2 aromatic rings. The highest BCUT2D eigenvalue weighted by atomic mass is 32.1. The summed E-state index contributed by atoms with van der Waals surface area (Å²) in [7, 11) is 0. The maximum Gasteiger partial charge on any atom is 0.344 e. The summed E-state index contributed by atoms with van der Waals surface area (Å²) in [5, 5.41) is 13.2. The van der Waals surface area contributed by atoms with Gasteiger partial charge in [-0.05, 0) is 6.07 Å². The Labute approximate surface area is 115 Å². The number of nitro benzene ring substituents is 1. The number of halogens is 1. The normalized spacial score (nSPS) is 15.2. The fourth-order valence-electron chi connectivity index (χ4n) is 1.88. The van der Waals surface area contributed by atoms with Crippen LogP contribution >= 0.6 is 11.3 Å². The largest absolute Gasteiger partial charge is 0.422 e. The Morgan fingerprint density at radius 2 is 2.25 bits per heavy atom. The van der Waals surface area contributed by atoms with Gasteiger partial charge in [0.2, 0.25) is 0 Å². The highest BCUT2D eigenvalue weighted by Gasteiger charge is 2.35. The van der Waals surface area contributed by atoms with Crippen LogP contribution < -0.4 is 0 Å². The minimum absolute atomic E-state index is 0.00616. The first-order chi connectivity index (χ1) is 9.56. The summed E-state index contributed by atoms with van der Waals surface area (Å²) in [5.74, 6) is -1.67. The van der Waals surface area contributed by atoms with Gasteiger partial charge >= 0.3 is 5.97 Å². The van der Waals surface area contributed by atoms with E-state index in [9.17, 15) is 19.3 Å². The molecular formula is C12H5FN2O4S. The van der Waals surface area contributed by atoms with E-state index in [1.54, 1.807) is 11.6 Å². The first kappa shape index (κ1) is 12.4. The highest BCUT2D eigenvalue weighted by Crippen LogP contribution is 2.38. The fourth-order valence-corrected chi connectivity index (χ4v) is 2.44. The van der Waals surface area contributed by atoms with Crippen LogP contribution in [0.15, 0.2) is 23.7 Å². The summed E-state index contributed by atoms with van der Waals surface area (Å²) in [4.78, 5) is 25.9. The molecule has 0 amide bonds. The molecule has 6 nitrogen and oxygen atoms in total. The van der Waals surface area contributed by atoms with Gasteiger partial charge in [-0.25, -0.2) is 14.2 Å². The number of nitrogens with zero attached hydrogens (tertiary/aromatic N) is 2. The van der Waals surface area contributed by atoms with E-state index in [1.807, 2.05) is 0 Å². The number of benzene rings is 1. The number of hydrogen-bond acceptors (Lipinski definition) is 6. The minimum Gasteiger partial charge on any atom is -0.422 e. The number of ether oxygens (including phenoxy) is 1. The van der Waals surface area contributed by atoms with E-state index < -0.39 is 22.4 Å². The number of aromatic nitrogens is 1. The average Bonchev–Trinajstić information content (AvgIpc) is 2.99. The molecule has 0 fully saturated rings. The lowest BCUT2D eigenvalue weighted by atomic mass is 10.1. The summed E-state index contributed by atoms with van der Waals surface area (Å²) in [5.41, 5.74) is -0.676. The third-order valence-corrected chi connectivity index (χ3v) is 3.38. The molecule has 0 radical (unpaired) electrons. The molecule has 0 unspecified atom stereocenters. The number of fused-ring (bicyclic) bond motifs is 1. The van der Waals surface area contributed by atoms with Gasteiger partial charge in [-0.15, -0.1) is 11.3 Å². The van der Waals surface area contributed by atoms with Crippen molar-refractivity contribution in [2.24, 2.45) is 0 Å². The van der Waals surface area contributed by atoms with Crippen molar-refractivity contribution in [1.29, 1.82) is 0 Å². The van der Waals surface area contributed by atoms with E-state index >= 15 is 0 Å². The van der Waals surface area contributed by atoms with Crippen molar-refractivity contribution in [3.8, 4) is 0 Å². The predicted molar refractivity (Wildman–Crippen MR) is 68.5 cm³/mol. The third kappa shape index (κ3) is 1.95. The molecule has 0 saturated carbocycles. The van der Waals surface area contributed by atoms with Crippen molar-refractivity contribution >= 4 is 34.8 Å². The molecule has 0 saturated heterocycles. The van der Waals surface area contributed by atoms with Crippen LogP contribution in [0.25, 0.3) is 11.8 Å². The Bertz CT molecular complexity index is 755. The molecule has 100 valence electrons. The summed E-state index contributed by atoms with van der Waals surface area (Å²) in [6, 6.07) is 1.68. The first-order valence-corrected chi connectivity index (χ1v) is 6.26. The molecule has 1 aromatic heterocycles. The Balaban J connectivity index is 2.23. The van der Waals surface area contributed by atoms with Crippen LogP contribution in [0, 0.1) is 15.9 Å². The van der Waals surface area contributed by atoms with E-state index in [1.165, 1.54) is 17.4 Å². The molecular weight excluding hydrogens is 287 g/mol. The number of hydrogen-bond donors (Lipinski definition) is 0. The van der Waals surface area contributed by atoms with E-state index in [0.29, 0.717) is 5.01 Å². The van der Waals surface area contributed by atoms with Gasteiger partial charge < -0.3 is 4.74 Å². The number of nitro groups is 1. The van der Waals surface area contributed by atoms with Crippen molar-refractivity contribution < 1.29 is 18.8 Å². The Kier molecular flexibility index (Phi) is 2.79. The van der Waals surface area contributed by atoms with Gasteiger partial charge in [0, 0.05) is 17.7 Å². The number of carbonyl (C=O) groups excluding carboxylic acids is 1. The molecule has 0 N–H and O–H groups in total. The molecule has 0 bridgehead atoms. The van der Waals surface area contributed by atoms with Gasteiger partial charge in [0.1, 0.15) is 22.1 Å². The van der Waals surface area contributed by atoms with Crippen molar-refractivity contribution in [3.05, 3.63) is 55.8 Å². The van der Waals surface area contributed by atoms with Gasteiger partial charge in [-0.3, -0.25) is 10.1 Å². The van der Waals surface area contributed by atoms with Crippen molar-refractivity contribution in [1.82, 2.24) is 4.98 Å². The smallest absolute Gasteiger partial charge is 0.344 e. The number of cyclic esters (lactones) is 1. The van der Waals surface area contributed by atoms with Crippen LogP contribution in [0.3, 0.4) is 0 Å². The molecule has 0 aliphatic carbocycles. The molecule has 20 heavy (non-hydrogen) atoms. The van der Waals surface area contributed by atoms with Gasteiger partial charge in [0.25, 0.3) is 5.69 Å². The Hall–Kier alpha value is -2.61. The Morgan fingerprint density at radius 3 is 2.90 bits per heavy atom. The van der Waals surface area contributed by atoms with E-state index in [2.05, 4.69) is 4.98 Å². The predicted octanol–water partition coefficient (Wildman–Crippen LogP) is 2.86. The van der Waals surface area contributed by atoms with Crippen molar-refractivity contribution in [2.75, 3.05) is 0 Å². The van der Waals surface area contributed by atoms with E-state index in [4.69, 9.17) is 4.74 Å². The molecule has 2 heterocycles. The average molecular weight is 292 g/mol. The van der Waals surface area contributed by atoms with E-state index in [-0.39, 0.29) is 16.9 Å². The second kappa shape index (κ2) is 4.49. The fraction of sp³-hybridized carbons (Fsp3) is 0. The highest BCUT2D eigenvalue weighted by molar-refractivity contribution is 7.10. The molecule has 1 aliphatic heterocycles. The third-order valence-electron chi connectivity index (χ3n) is 2.65. The van der Waals surface area contributed by atoms with Crippen LogP contribution in [-0.2, 0) is 4.74 Å². The molecule has 0 atom stereocenters. The van der Waals surface area contributed by atoms with Crippen LogP contribution in [0.1, 0.15) is 20.9 Å². The minimum atomic E-state index is -0.858. The number of esters is 1. The Morgan fingerprint density at radius 1 is 1.45 bits per heavy atom. The zero-order chi connectivity index (χ0) is 14.3. The second-order valence-electron chi connectivity index (χ2n) is 3.87. The van der Waals surface area contributed by atoms with Gasteiger partial charge in [0.05, 0.1) is 16.6 Å². The van der Waals surface area contributed by atoms with Crippen LogP contribution in [0.2, 0.25) is 0 Å². The number of carbonyl (C=O) groups is 1. The number of thiazole rings is 1. The molecule has 8 heteroatoms. The molecule has 0 spiro atoms. The SMILES string of the molecule is O=C1OC(=Cc2nccs2)c2c1cc(F)cc2[N+](=O)[O-]. The molecule has 1 aromatic carbocycles. The van der Waals surface area contributed by atoms with Gasteiger partial charge in [0.15, 0.2) is 0 Å². The lowest BCUT2D eigenvalue weighted by Gasteiger charge is -1.99. The van der Waals surface area contributed by atoms with Crippen molar-refractivity contribution in [3.63, 3.8) is 0 Å².